The molecular weight excluding hydrogens is 564 g/mol. The first kappa shape index (κ1) is 33.0. The molecule has 1 aliphatic heterocycles. The van der Waals surface area contributed by atoms with E-state index in [9.17, 15) is 9.59 Å². The van der Waals surface area contributed by atoms with Crippen LogP contribution in [0.2, 0.25) is 0 Å². The van der Waals surface area contributed by atoms with E-state index in [0.29, 0.717) is 30.4 Å². The number of nitrogens with one attached hydrogen (secondary N) is 1. The van der Waals surface area contributed by atoms with Crippen molar-refractivity contribution in [3.8, 4) is 0 Å². The van der Waals surface area contributed by atoms with Gasteiger partial charge in [-0.1, -0.05) is 44.2 Å². The third-order valence-electron chi connectivity index (χ3n) is 6.83. The van der Waals surface area contributed by atoms with Crippen molar-refractivity contribution in [3.63, 3.8) is 0 Å². The summed E-state index contributed by atoms with van der Waals surface area (Å²) in [5, 5.41) is 8.13. The SMILES string of the molecule is COCO[C@H]1CN(C(=O)OC(C)(C)C)C[C@@H]1Nc1cc(N(Cc2ccccc2)C(=O)OC(C)(C)C)n2ncc(C(C)C)c2n1. The second kappa shape index (κ2) is 13.4. The van der Waals surface area contributed by atoms with Crippen LogP contribution in [0, 0.1) is 0 Å². The second-order valence-corrected chi connectivity index (χ2v) is 13.3. The number of methoxy groups -OCH3 is 1. The number of nitrogens with zero attached hydrogens (tertiary/aromatic N) is 5. The molecule has 0 spiro atoms. The number of benzene rings is 1. The van der Waals surface area contributed by atoms with Gasteiger partial charge in [0.2, 0.25) is 0 Å². The van der Waals surface area contributed by atoms with Crippen molar-refractivity contribution in [2.24, 2.45) is 0 Å². The number of anilines is 2. The van der Waals surface area contributed by atoms with Crippen LogP contribution in [0.4, 0.5) is 21.2 Å². The van der Waals surface area contributed by atoms with E-state index in [2.05, 4.69) is 24.3 Å². The number of carbonyl (C=O) groups is 2. The van der Waals surface area contributed by atoms with Gasteiger partial charge >= 0.3 is 12.2 Å². The van der Waals surface area contributed by atoms with Gasteiger partial charge in [-0.3, -0.25) is 4.90 Å². The van der Waals surface area contributed by atoms with Gasteiger partial charge in [-0.25, -0.2) is 14.6 Å². The lowest BCUT2D eigenvalue weighted by atomic mass is 10.1. The number of ether oxygens (including phenoxy) is 4. The van der Waals surface area contributed by atoms with Crippen molar-refractivity contribution >= 4 is 29.5 Å². The highest BCUT2D eigenvalue weighted by Crippen LogP contribution is 2.30. The molecule has 1 N–H and O–H groups in total. The van der Waals surface area contributed by atoms with Crippen LogP contribution in [0.3, 0.4) is 0 Å². The summed E-state index contributed by atoms with van der Waals surface area (Å²) in [5.41, 5.74) is 1.11. The van der Waals surface area contributed by atoms with Gasteiger partial charge in [0.15, 0.2) is 5.65 Å². The molecular formula is C32H46N6O6. The van der Waals surface area contributed by atoms with Gasteiger partial charge in [0.05, 0.1) is 31.4 Å². The Morgan fingerprint density at radius 1 is 1.05 bits per heavy atom. The van der Waals surface area contributed by atoms with Crippen LogP contribution in [0.25, 0.3) is 5.65 Å². The molecule has 240 valence electrons. The first-order valence-corrected chi connectivity index (χ1v) is 14.9. The zero-order chi connectivity index (χ0) is 32.2. The molecule has 1 aromatic carbocycles. The zero-order valence-corrected chi connectivity index (χ0v) is 27.3. The minimum Gasteiger partial charge on any atom is -0.444 e. The second-order valence-electron chi connectivity index (χ2n) is 13.3. The summed E-state index contributed by atoms with van der Waals surface area (Å²) in [5.74, 6) is 1.11. The molecule has 4 rings (SSSR count). The summed E-state index contributed by atoms with van der Waals surface area (Å²) in [6, 6.07) is 11.1. The van der Waals surface area contributed by atoms with E-state index in [1.807, 2.05) is 71.9 Å². The van der Waals surface area contributed by atoms with E-state index in [1.165, 1.54) is 0 Å². The molecule has 12 nitrogen and oxygen atoms in total. The number of aromatic nitrogens is 3. The average Bonchev–Trinajstić information content (AvgIpc) is 3.53. The number of amides is 2. The molecule has 0 bridgehead atoms. The first-order chi connectivity index (χ1) is 20.6. The van der Waals surface area contributed by atoms with Gasteiger partial charge < -0.3 is 29.2 Å². The van der Waals surface area contributed by atoms with Crippen LogP contribution >= 0.6 is 0 Å². The Morgan fingerprint density at radius 2 is 1.73 bits per heavy atom. The molecule has 1 aliphatic rings. The molecule has 44 heavy (non-hydrogen) atoms. The van der Waals surface area contributed by atoms with E-state index in [4.69, 9.17) is 23.9 Å². The lowest BCUT2D eigenvalue weighted by Crippen LogP contribution is -2.38. The maximum absolute atomic E-state index is 13.7. The van der Waals surface area contributed by atoms with Crippen LogP contribution < -0.4 is 10.2 Å². The Labute approximate surface area is 259 Å². The Bertz CT molecular complexity index is 1430. The Morgan fingerprint density at radius 3 is 2.34 bits per heavy atom. The minimum atomic E-state index is -0.715. The van der Waals surface area contributed by atoms with Gasteiger partial charge in [-0.05, 0) is 53.0 Å². The fraction of sp³-hybridized carbons (Fsp3) is 0.562. The predicted molar refractivity (Wildman–Crippen MR) is 168 cm³/mol. The summed E-state index contributed by atoms with van der Waals surface area (Å²) >= 11 is 0. The minimum absolute atomic E-state index is 0.0618. The summed E-state index contributed by atoms with van der Waals surface area (Å²) in [7, 11) is 1.55. The van der Waals surface area contributed by atoms with Crippen molar-refractivity contribution in [1.82, 2.24) is 19.5 Å². The summed E-state index contributed by atoms with van der Waals surface area (Å²) in [6.07, 6.45) is 0.443. The zero-order valence-electron chi connectivity index (χ0n) is 27.3. The molecule has 2 atom stereocenters. The van der Waals surface area contributed by atoms with Gasteiger partial charge in [-0.2, -0.15) is 9.61 Å². The highest BCUT2D eigenvalue weighted by Gasteiger charge is 2.39. The fourth-order valence-electron chi connectivity index (χ4n) is 4.86. The van der Waals surface area contributed by atoms with E-state index >= 15 is 0 Å². The first-order valence-electron chi connectivity index (χ1n) is 14.9. The third-order valence-corrected chi connectivity index (χ3v) is 6.83. The van der Waals surface area contributed by atoms with Crippen LogP contribution in [0.1, 0.15) is 72.4 Å². The smallest absolute Gasteiger partial charge is 0.416 e. The molecule has 2 aromatic heterocycles. The molecule has 0 aliphatic carbocycles. The normalized spacial score (nSPS) is 17.3. The molecule has 1 saturated heterocycles. The van der Waals surface area contributed by atoms with Crippen molar-refractivity contribution < 1.29 is 28.5 Å². The summed E-state index contributed by atoms with van der Waals surface area (Å²) < 4.78 is 24.3. The monoisotopic (exact) mass is 610 g/mol. The predicted octanol–water partition coefficient (Wildman–Crippen LogP) is 5.81. The van der Waals surface area contributed by atoms with E-state index in [-0.39, 0.29) is 25.3 Å². The van der Waals surface area contributed by atoms with E-state index in [0.717, 1.165) is 11.1 Å². The highest BCUT2D eigenvalue weighted by atomic mass is 16.7. The quantitative estimate of drug-likeness (QED) is 0.299. The largest absolute Gasteiger partial charge is 0.444 e. The fourth-order valence-corrected chi connectivity index (χ4v) is 4.86. The van der Waals surface area contributed by atoms with Gasteiger partial charge in [-0.15, -0.1) is 0 Å². The number of hydrogen-bond acceptors (Lipinski definition) is 9. The molecule has 1 fully saturated rings. The molecule has 12 heteroatoms. The number of fused-ring (bicyclic) bond motifs is 1. The van der Waals surface area contributed by atoms with E-state index < -0.39 is 29.5 Å². The van der Waals surface area contributed by atoms with Gasteiger partial charge in [0.1, 0.15) is 29.6 Å². The average molecular weight is 611 g/mol. The molecule has 0 radical (unpaired) electrons. The van der Waals surface area contributed by atoms with E-state index in [1.54, 1.807) is 33.7 Å². The van der Waals surface area contributed by atoms with Gasteiger partial charge in [0, 0.05) is 25.3 Å². The van der Waals surface area contributed by atoms with Crippen molar-refractivity contribution in [1.29, 1.82) is 0 Å². The summed E-state index contributed by atoms with van der Waals surface area (Å²) in [6.45, 7) is 16.1. The van der Waals surface area contributed by atoms with Crippen molar-refractivity contribution in [2.75, 3.05) is 37.2 Å². The Hall–Kier alpha value is -3.90. The van der Waals surface area contributed by atoms with Gasteiger partial charge in [0.25, 0.3) is 0 Å². The Balaban J connectivity index is 1.76. The molecule has 2 amide bonds. The van der Waals surface area contributed by atoms with Crippen LogP contribution in [0.5, 0.6) is 0 Å². The topological polar surface area (TPSA) is 120 Å². The number of carbonyl (C=O) groups excluding carboxylic acids is 2. The Kier molecular flexibility index (Phi) is 10.0. The lowest BCUT2D eigenvalue weighted by Gasteiger charge is -2.28. The molecule has 0 unspecified atom stereocenters. The maximum Gasteiger partial charge on any atom is 0.416 e. The molecule has 3 aromatic rings. The van der Waals surface area contributed by atoms with Crippen LogP contribution in [-0.4, -0.2) is 82.0 Å². The van der Waals surface area contributed by atoms with Crippen molar-refractivity contribution in [2.45, 2.75) is 91.2 Å². The van der Waals surface area contributed by atoms with Crippen molar-refractivity contribution in [3.05, 3.63) is 53.7 Å². The molecule has 0 saturated carbocycles. The summed E-state index contributed by atoms with van der Waals surface area (Å²) in [4.78, 5) is 34.8. The van der Waals surface area contributed by atoms with Crippen LogP contribution in [-0.2, 0) is 25.5 Å². The number of hydrogen-bond donors (Lipinski definition) is 1. The number of rotatable bonds is 9. The maximum atomic E-state index is 13.7. The third kappa shape index (κ3) is 8.38. The van der Waals surface area contributed by atoms with Crippen LogP contribution in [0.15, 0.2) is 42.6 Å². The standard InChI is InChI=1S/C32H46N6O6/c1-21(2)23-16-33-38-27(37(30(40)44-32(6,7)8)17-22-13-11-10-12-14-22)15-26(35-28(23)38)34-24-18-36(19-25(24)42-20-41-9)29(39)43-31(3,4)5/h10-16,21,24-25H,17-20H2,1-9H3,(H,34,35)/t24-,25-/m0/s1. The lowest BCUT2D eigenvalue weighted by molar-refractivity contribution is -0.0699. The molecule has 3 heterocycles. The highest BCUT2D eigenvalue weighted by molar-refractivity contribution is 5.88. The number of likely N-dealkylation sites (tertiary alicyclic amines) is 1.